The van der Waals surface area contributed by atoms with E-state index < -0.39 is 0 Å². The average Bonchev–Trinajstić information content (AvgIpc) is 3.16. The third kappa shape index (κ3) is 4.41. The highest BCUT2D eigenvalue weighted by Crippen LogP contribution is 2.36. The van der Waals surface area contributed by atoms with Crippen molar-refractivity contribution < 1.29 is 4.74 Å². The largest absolute Gasteiger partial charge is 0.381 e. The van der Waals surface area contributed by atoms with E-state index in [1.807, 2.05) is 7.05 Å². The van der Waals surface area contributed by atoms with E-state index in [1.165, 1.54) is 16.0 Å². The molecule has 1 aromatic heterocycles. The fourth-order valence-electron chi connectivity index (χ4n) is 3.53. The lowest BCUT2D eigenvalue weighted by Crippen LogP contribution is -2.48. The zero-order valence-corrected chi connectivity index (χ0v) is 15.9. The highest BCUT2D eigenvalue weighted by atomic mass is 32.1. The molecule has 0 amide bonds. The standard InChI is InChI=1S/C20H27N3OS/c1-16-6-3-4-8-18(16)20(9-11-24-12-10-20)15-23-19(21-2)22-14-17-7-5-13-25-17/h3-8,13H,9-12,14-15H2,1-2H3,(H2,21,22,23). The molecular weight excluding hydrogens is 330 g/mol. The predicted octanol–water partition coefficient (Wildman–Crippen LogP) is 3.47. The second-order valence-electron chi connectivity index (χ2n) is 6.57. The molecule has 1 saturated heterocycles. The van der Waals surface area contributed by atoms with Gasteiger partial charge < -0.3 is 15.4 Å². The van der Waals surface area contributed by atoms with Crippen LogP contribution in [-0.4, -0.2) is 32.8 Å². The number of rotatable bonds is 5. The fourth-order valence-corrected chi connectivity index (χ4v) is 4.17. The molecule has 0 bridgehead atoms. The summed E-state index contributed by atoms with van der Waals surface area (Å²) in [5.74, 6) is 0.854. The summed E-state index contributed by atoms with van der Waals surface area (Å²) >= 11 is 1.76. The van der Waals surface area contributed by atoms with E-state index in [4.69, 9.17) is 4.74 Å². The Morgan fingerprint density at radius 1 is 1.16 bits per heavy atom. The van der Waals surface area contributed by atoms with Gasteiger partial charge in [-0.2, -0.15) is 0 Å². The number of ether oxygens (including phenoxy) is 1. The van der Waals surface area contributed by atoms with Crippen LogP contribution in [-0.2, 0) is 16.7 Å². The van der Waals surface area contributed by atoms with Gasteiger partial charge in [0.1, 0.15) is 0 Å². The monoisotopic (exact) mass is 357 g/mol. The van der Waals surface area contributed by atoms with Crippen LogP contribution in [0.4, 0.5) is 0 Å². The number of aryl methyl sites for hydroxylation is 1. The Kier molecular flexibility index (Phi) is 6.10. The van der Waals surface area contributed by atoms with Gasteiger partial charge in [0, 0.05) is 37.1 Å². The Balaban J connectivity index is 1.69. The van der Waals surface area contributed by atoms with Gasteiger partial charge in [0.15, 0.2) is 5.96 Å². The molecule has 1 aromatic carbocycles. The van der Waals surface area contributed by atoms with Crippen LogP contribution < -0.4 is 10.6 Å². The van der Waals surface area contributed by atoms with Gasteiger partial charge >= 0.3 is 0 Å². The molecule has 0 saturated carbocycles. The Morgan fingerprint density at radius 2 is 1.96 bits per heavy atom. The van der Waals surface area contributed by atoms with Gasteiger partial charge in [-0.05, 0) is 42.3 Å². The molecule has 1 aliphatic rings. The van der Waals surface area contributed by atoms with Crippen molar-refractivity contribution in [2.24, 2.45) is 4.99 Å². The summed E-state index contributed by atoms with van der Waals surface area (Å²) in [6, 6.07) is 12.9. The van der Waals surface area contributed by atoms with E-state index in [2.05, 4.69) is 64.3 Å². The van der Waals surface area contributed by atoms with Gasteiger partial charge in [-0.15, -0.1) is 11.3 Å². The van der Waals surface area contributed by atoms with E-state index in [1.54, 1.807) is 11.3 Å². The number of guanidine groups is 1. The molecule has 0 radical (unpaired) electrons. The summed E-state index contributed by atoms with van der Waals surface area (Å²) in [4.78, 5) is 5.69. The van der Waals surface area contributed by atoms with Crippen LogP contribution in [0.5, 0.6) is 0 Å². The Hall–Kier alpha value is -1.85. The third-order valence-corrected chi connectivity index (χ3v) is 5.87. The summed E-state index contributed by atoms with van der Waals surface area (Å²) in [7, 11) is 1.83. The van der Waals surface area contributed by atoms with E-state index in [-0.39, 0.29) is 5.41 Å². The van der Waals surface area contributed by atoms with Gasteiger partial charge in [-0.3, -0.25) is 4.99 Å². The van der Waals surface area contributed by atoms with Crippen molar-refractivity contribution >= 4 is 17.3 Å². The van der Waals surface area contributed by atoms with Gasteiger partial charge in [0.05, 0.1) is 6.54 Å². The van der Waals surface area contributed by atoms with Gasteiger partial charge in [-0.25, -0.2) is 0 Å². The molecule has 0 atom stereocenters. The summed E-state index contributed by atoms with van der Waals surface area (Å²) in [5, 5.41) is 9.07. The maximum atomic E-state index is 5.64. The Labute approximate surface area is 154 Å². The van der Waals surface area contributed by atoms with Crippen molar-refractivity contribution in [3.63, 3.8) is 0 Å². The normalized spacial score (nSPS) is 17.3. The highest BCUT2D eigenvalue weighted by molar-refractivity contribution is 7.09. The molecule has 134 valence electrons. The molecule has 0 aliphatic carbocycles. The van der Waals surface area contributed by atoms with E-state index in [9.17, 15) is 0 Å². The zero-order chi connectivity index (χ0) is 17.5. The first-order valence-electron chi connectivity index (χ1n) is 8.84. The smallest absolute Gasteiger partial charge is 0.191 e. The van der Waals surface area contributed by atoms with Crippen molar-refractivity contribution in [2.45, 2.75) is 31.7 Å². The maximum absolute atomic E-state index is 5.64. The molecular formula is C20H27N3OS. The number of thiophene rings is 1. The maximum Gasteiger partial charge on any atom is 0.191 e. The van der Waals surface area contributed by atoms with Crippen molar-refractivity contribution in [3.05, 3.63) is 57.8 Å². The molecule has 5 heteroatoms. The first-order valence-corrected chi connectivity index (χ1v) is 9.72. The minimum absolute atomic E-state index is 0.101. The fraction of sp³-hybridized carbons (Fsp3) is 0.450. The quantitative estimate of drug-likeness (QED) is 0.636. The predicted molar refractivity (Wildman–Crippen MR) is 105 cm³/mol. The van der Waals surface area contributed by atoms with Gasteiger partial charge in [0.25, 0.3) is 0 Å². The van der Waals surface area contributed by atoms with Crippen LogP contribution in [0, 0.1) is 6.92 Å². The summed E-state index contributed by atoms with van der Waals surface area (Å²) in [6.07, 6.45) is 2.07. The summed E-state index contributed by atoms with van der Waals surface area (Å²) in [5.41, 5.74) is 2.89. The molecule has 2 N–H and O–H groups in total. The van der Waals surface area contributed by atoms with Crippen LogP contribution >= 0.6 is 11.3 Å². The molecule has 1 fully saturated rings. The number of hydrogen-bond donors (Lipinski definition) is 2. The first kappa shape index (κ1) is 18.0. The molecule has 2 aromatic rings. The second-order valence-corrected chi connectivity index (χ2v) is 7.60. The topological polar surface area (TPSA) is 45.7 Å². The zero-order valence-electron chi connectivity index (χ0n) is 15.0. The van der Waals surface area contributed by atoms with E-state index in [0.717, 1.165) is 45.1 Å². The first-order chi connectivity index (χ1) is 12.2. The number of aliphatic imine (C=N–C) groups is 1. The number of nitrogens with one attached hydrogen (secondary N) is 2. The van der Waals surface area contributed by atoms with Crippen LogP contribution in [0.15, 0.2) is 46.8 Å². The van der Waals surface area contributed by atoms with Gasteiger partial charge in [-0.1, -0.05) is 30.3 Å². The van der Waals surface area contributed by atoms with Crippen LogP contribution in [0.3, 0.4) is 0 Å². The molecule has 3 rings (SSSR count). The summed E-state index contributed by atoms with van der Waals surface area (Å²) < 4.78 is 5.64. The lowest BCUT2D eigenvalue weighted by Gasteiger charge is -2.39. The number of hydrogen-bond acceptors (Lipinski definition) is 3. The van der Waals surface area contributed by atoms with Crippen LogP contribution in [0.1, 0.15) is 28.8 Å². The second kappa shape index (κ2) is 8.50. The van der Waals surface area contributed by atoms with Crippen molar-refractivity contribution in [3.8, 4) is 0 Å². The third-order valence-electron chi connectivity index (χ3n) is 4.99. The van der Waals surface area contributed by atoms with Crippen molar-refractivity contribution in [2.75, 3.05) is 26.8 Å². The Morgan fingerprint density at radius 3 is 2.64 bits per heavy atom. The molecule has 4 nitrogen and oxygen atoms in total. The SMILES string of the molecule is CN=C(NCc1cccs1)NCC1(c2ccccc2C)CCOCC1. The minimum Gasteiger partial charge on any atom is -0.381 e. The van der Waals surface area contributed by atoms with E-state index >= 15 is 0 Å². The van der Waals surface area contributed by atoms with Crippen LogP contribution in [0.25, 0.3) is 0 Å². The lowest BCUT2D eigenvalue weighted by molar-refractivity contribution is 0.0512. The molecule has 0 spiro atoms. The molecule has 1 aliphatic heterocycles. The molecule has 2 heterocycles. The molecule has 0 unspecified atom stereocenters. The van der Waals surface area contributed by atoms with Crippen LogP contribution in [0.2, 0.25) is 0 Å². The Bertz CT molecular complexity index is 691. The average molecular weight is 358 g/mol. The lowest BCUT2D eigenvalue weighted by atomic mass is 9.72. The highest BCUT2D eigenvalue weighted by Gasteiger charge is 2.35. The summed E-state index contributed by atoms with van der Waals surface area (Å²) in [6.45, 7) is 5.51. The van der Waals surface area contributed by atoms with E-state index in [0.29, 0.717) is 0 Å². The minimum atomic E-state index is 0.101. The van der Waals surface area contributed by atoms with Crippen molar-refractivity contribution in [1.29, 1.82) is 0 Å². The number of benzene rings is 1. The molecule has 25 heavy (non-hydrogen) atoms. The van der Waals surface area contributed by atoms with Crippen molar-refractivity contribution in [1.82, 2.24) is 10.6 Å². The van der Waals surface area contributed by atoms with Gasteiger partial charge in [0.2, 0.25) is 0 Å². The number of nitrogens with zero attached hydrogens (tertiary/aromatic N) is 1.